The molecule has 0 saturated carbocycles. The first-order valence-corrected chi connectivity index (χ1v) is 9.49. The number of aromatic nitrogens is 2. The van der Waals surface area contributed by atoms with Crippen LogP contribution in [0.3, 0.4) is 0 Å². The van der Waals surface area contributed by atoms with E-state index in [4.69, 9.17) is 0 Å². The maximum atomic E-state index is 12.4. The molecule has 0 aliphatic heterocycles. The number of carbonyl (C=O) groups is 1. The Hall–Kier alpha value is -1.60. The normalized spacial score (nSPS) is 12.4. The minimum absolute atomic E-state index is 0.0391. The molecule has 2 rings (SSSR count). The molecule has 0 aromatic carbocycles. The number of nitrogens with one attached hydrogen (secondary N) is 2. The van der Waals surface area contributed by atoms with Crippen LogP contribution in [0.15, 0.2) is 27.5 Å². The molecule has 1 unspecified atom stereocenters. The van der Waals surface area contributed by atoms with Gasteiger partial charge < -0.3 is 10.3 Å². The minimum Gasteiger partial charge on any atom is -0.348 e. The van der Waals surface area contributed by atoms with Gasteiger partial charge in [0.25, 0.3) is 5.56 Å². The van der Waals surface area contributed by atoms with Crippen molar-refractivity contribution in [2.45, 2.75) is 38.4 Å². The van der Waals surface area contributed by atoms with Crippen LogP contribution in [-0.4, -0.2) is 22.1 Å². The molecule has 2 aromatic rings. The molecule has 0 saturated heterocycles. The van der Waals surface area contributed by atoms with E-state index < -0.39 is 0 Å². The van der Waals surface area contributed by atoms with Gasteiger partial charge in [-0.3, -0.25) is 9.59 Å². The van der Waals surface area contributed by atoms with Crippen LogP contribution in [0.2, 0.25) is 0 Å². The van der Waals surface area contributed by atoms with Gasteiger partial charge in [-0.05, 0) is 30.5 Å². The predicted molar refractivity (Wildman–Crippen MR) is 95.1 cm³/mol. The van der Waals surface area contributed by atoms with Crippen LogP contribution in [0.5, 0.6) is 0 Å². The summed E-state index contributed by atoms with van der Waals surface area (Å²) < 4.78 is 0. The summed E-state index contributed by atoms with van der Waals surface area (Å²) in [7, 11) is 0. The fourth-order valence-corrected chi connectivity index (χ4v) is 3.68. The Bertz CT molecular complexity index is 723. The third-order valence-corrected chi connectivity index (χ3v) is 5.10. The number of carbonyl (C=O) groups excluding carboxylic acids is 1. The first-order chi connectivity index (χ1) is 10.9. The highest BCUT2D eigenvalue weighted by Crippen LogP contribution is 2.25. The Morgan fingerprint density at radius 2 is 2.22 bits per heavy atom. The SMILES string of the molecule is CSc1nc(C)c(CC(=O)NC(c2cccs2)C(C)C)c(=O)[nH]1. The van der Waals surface area contributed by atoms with Crippen LogP contribution >= 0.6 is 23.1 Å². The van der Waals surface area contributed by atoms with Crippen LogP contribution in [0.4, 0.5) is 0 Å². The summed E-state index contributed by atoms with van der Waals surface area (Å²) in [5.74, 6) is 0.110. The van der Waals surface area contributed by atoms with Crippen molar-refractivity contribution in [1.29, 1.82) is 0 Å². The topological polar surface area (TPSA) is 74.8 Å². The highest BCUT2D eigenvalue weighted by molar-refractivity contribution is 7.98. The summed E-state index contributed by atoms with van der Waals surface area (Å²) in [4.78, 5) is 32.6. The molecule has 0 fully saturated rings. The second kappa shape index (κ2) is 7.79. The van der Waals surface area contributed by atoms with Crippen molar-refractivity contribution in [3.8, 4) is 0 Å². The van der Waals surface area contributed by atoms with Gasteiger partial charge in [0.05, 0.1) is 12.5 Å². The molecule has 2 N–H and O–H groups in total. The third-order valence-electron chi connectivity index (χ3n) is 3.56. The van der Waals surface area contributed by atoms with E-state index in [0.29, 0.717) is 16.4 Å². The van der Waals surface area contributed by atoms with Gasteiger partial charge in [-0.25, -0.2) is 4.98 Å². The van der Waals surface area contributed by atoms with Crippen molar-refractivity contribution in [3.63, 3.8) is 0 Å². The van der Waals surface area contributed by atoms with E-state index in [-0.39, 0.29) is 29.8 Å². The Morgan fingerprint density at radius 3 is 2.74 bits per heavy atom. The zero-order valence-electron chi connectivity index (χ0n) is 13.7. The molecule has 2 aromatic heterocycles. The molecule has 1 amide bonds. The highest BCUT2D eigenvalue weighted by Gasteiger charge is 2.20. The average Bonchev–Trinajstić information content (AvgIpc) is 3.01. The van der Waals surface area contributed by atoms with E-state index in [1.54, 1.807) is 18.3 Å². The molecule has 0 aliphatic rings. The Balaban J connectivity index is 2.15. The van der Waals surface area contributed by atoms with E-state index >= 15 is 0 Å². The summed E-state index contributed by atoms with van der Waals surface area (Å²) in [6.45, 7) is 5.89. The number of thiophene rings is 1. The van der Waals surface area contributed by atoms with E-state index in [2.05, 4.69) is 29.1 Å². The standard InChI is InChI=1S/C16H21N3O2S2/c1-9(2)14(12-6-5-7-23-12)18-13(20)8-11-10(3)17-16(22-4)19-15(11)21/h5-7,9,14H,8H2,1-4H3,(H,18,20)(H,17,19,21). The molecule has 1 atom stereocenters. The maximum Gasteiger partial charge on any atom is 0.255 e. The number of thioether (sulfide) groups is 1. The Labute approximate surface area is 143 Å². The molecular formula is C16H21N3O2S2. The van der Waals surface area contributed by atoms with Gasteiger partial charge in [0.2, 0.25) is 5.91 Å². The van der Waals surface area contributed by atoms with Gasteiger partial charge in [-0.1, -0.05) is 31.7 Å². The lowest BCUT2D eigenvalue weighted by molar-refractivity contribution is -0.121. The summed E-state index contributed by atoms with van der Waals surface area (Å²) in [5, 5.41) is 5.60. The Kier molecular flexibility index (Phi) is 6.01. The van der Waals surface area contributed by atoms with Crippen LogP contribution < -0.4 is 10.9 Å². The van der Waals surface area contributed by atoms with Gasteiger partial charge in [0.15, 0.2) is 5.16 Å². The van der Waals surface area contributed by atoms with Crippen LogP contribution in [0.25, 0.3) is 0 Å². The molecule has 124 valence electrons. The number of hydrogen-bond donors (Lipinski definition) is 2. The molecule has 23 heavy (non-hydrogen) atoms. The van der Waals surface area contributed by atoms with Crippen molar-refractivity contribution in [2.24, 2.45) is 5.92 Å². The number of aromatic amines is 1. The molecular weight excluding hydrogens is 330 g/mol. The van der Waals surface area contributed by atoms with Gasteiger partial charge in [0.1, 0.15) is 0 Å². The monoisotopic (exact) mass is 351 g/mol. The number of amides is 1. The summed E-state index contributed by atoms with van der Waals surface area (Å²) >= 11 is 2.99. The van der Waals surface area contributed by atoms with Gasteiger partial charge in [-0.15, -0.1) is 11.3 Å². The molecule has 0 spiro atoms. The quantitative estimate of drug-likeness (QED) is 0.620. The second-order valence-corrected chi connectivity index (χ2v) is 7.39. The summed E-state index contributed by atoms with van der Waals surface area (Å²) in [5.41, 5.74) is 0.786. The van der Waals surface area contributed by atoms with Gasteiger partial charge in [0, 0.05) is 16.1 Å². The lowest BCUT2D eigenvalue weighted by Gasteiger charge is -2.21. The number of rotatable bonds is 6. The molecule has 0 aliphatic carbocycles. The first-order valence-electron chi connectivity index (χ1n) is 7.39. The van der Waals surface area contributed by atoms with E-state index in [9.17, 15) is 9.59 Å². The zero-order valence-corrected chi connectivity index (χ0v) is 15.3. The van der Waals surface area contributed by atoms with Crippen molar-refractivity contribution in [3.05, 3.63) is 44.0 Å². The van der Waals surface area contributed by atoms with E-state index in [1.165, 1.54) is 11.8 Å². The highest BCUT2D eigenvalue weighted by atomic mass is 32.2. The largest absolute Gasteiger partial charge is 0.348 e. The molecule has 5 nitrogen and oxygen atoms in total. The van der Waals surface area contributed by atoms with Gasteiger partial charge >= 0.3 is 0 Å². The van der Waals surface area contributed by atoms with E-state index in [0.717, 1.165) is 4.88 Å². The van der Waals surface area contributed by atoms with Crippen molar-refractivity contribution >= 4 is 29.0 Å². The van der Waals surface area contributed by atoms with Crippen molar-refractivity contribution < 1.29 is 4.79 Å². The summed E-state index contributed by atoms with van der Waals surface area (Å²) in [6, 6.07) is 3.95. The number of hydrogen-bond acceptors (Lipinski definition) is 5. The smallest absolute Gasteiger partial charge is 0.255 e. The van der Waals surface area contributed by atoms with Crippen LogP contribution in [0, 0.1) is 12.8 Å². The third kappa shape index (κ3) is 4.45. The van der Waals surface area contributed by atoms with Crippen molar-refractivity contribution in [1.82, 2.24) is 15.3 Å². The number of H-pyrrole nitrogens is 1. The molecule has 0 bridgehead atoms. The fourth-order valence-electron chi connectivity index (χ4n) is 2.31. The lowest BCUT2D eigenvalue weighted by Crippen LogP contribution is -2.34. The second-order valence-electron chi connectivity index (χ2n) is 5.62. The Morgan fingerprint density at radius 1 is 1.48 bits per heavy atom. The van der Waals surface area contributed by atoms with Crippen LogP contribution in [-0.2, 0) is 11.2 Å². The molecule has 2 heterocycles. The van der Waals surface area contributed by atoms with E-state index in [1.807, 2.05) is 23.8 Å². The minimum atomic E-state index is -0.241. The van der Waals surface area contributed by atoms with Gasteiger partial charge in [-0.2, -0.15) is 0 Å². The zero-order chi connectivity index (χ0) is 17.0. The van der Waals surface area contributed by atoms with Crippen LogP contribution in [0.1, 0.15) is 36.0 Å². The molecule has 7 heteroatoms. The summed E-state index contributed by atoms with van der Waals surface area (Å²) in [6.07, 6.45) is 1.88. The molecule has 0 radical (unpaired) electrons. The number of nitrogens with zero attached hydrogens (tertiary/aromatic N) is 1. The fraction of sp³-hybridized carbons (Fsp3) is 0.438. The first kappa shape index (κ1) is 17.7. The average molecular weight is 351 g/mol. The number of aryl methyl sites for hydroxylation is 1. The lowest BCUT2D eigenvalue weighted by atomic mass is 10.0. The van der Waals surface area contributed by atoms with Crippen molar-refractivity contribution in [2.75, 3.05) is 6.26 Å². The predicted octanol–water partition coefficient (Wildman–Crippen LogP) is 2.92. The maximum absolute atomic E-state index is 12.4.